The molecule has 0 atom stereocenters. The highest BCUT2D eigenvalue weighted by molar-refractivity contribution is 7.12. The van der Waals surface area contributed by atoms with E-state index in [1.165, 1.54) is 11.5 Å². The molecule has 0 radical (unpaired) electrons. The molecular formula is C11H15N3S. The summed E-state index contributed by atoms with van der Waals surface area (Å²) in [6.07, 6.45) is 1.87. The molecule has 0 fully saturated rings. The van der Waals surface area contributed by atoms with Gasteiger partial charge in [0.15, 0.2) is 0 Å². The molecule has 80 valence electrons. The Hall–Kier alpha value is -1.03. The minimum Gasteiger partial charge on any atom is -0.237 e. The molecule has 0 saturated carbocycles. The zero-order chi connectivity index (χ0) is 11.0. The van der Waals surface area contributed by atoms with Crippen LogP contribution >= 0.6 is 11.5 Å². The van der Waals surface area contributed by atoms with Gasteiger partial charge in [0, 0.05) is 5.92 Å². The topological polar surface area (TPSA) is 38.7 Å². The van der Waals surface area contributed by atoms with Crippen LogP contribution in [0.4, 0.5) is 0 Å². The smallest absolute Gasteiger partial charge is 0.147 e. The quantitative estimate of drug-likeness (QED) is 0.780. The molecule has 2 rings (SSSR count). The second-order valence-corrected chi connectivity index (χ2v) is 5.10. The highest BCUT2D eigenvalue weighted by atomic mass is 32.1. The molecule has 2 aromatic rings. The first kappa shape index (κ1) is 10.5. The summed E-state index contributed by atoms with van der Waals surface area (Å²) in [4.78, 5) is 10.2. The van der Waals surface area contributed by atoms with E-state index in [1.54, 1.807) is 0 Å². The molecule has 0 unspecified atom stereocenters. The Balaban J connectivity index is 2.69. The number of rotatable bonds is 2. The zero-order valence-electron chi connectivity index (χ0n) is 9.48. The second-order valence-electron chi connectivity index (χ2n) is 4.32. The van der Waals surface area contributed by atoms with Crippen molar-refractivity contribution in [1.29, 1.82) is 0 Å². The van der Waals surface area contributed by atoms with Gasteiger partial charge >= 0.3 is 0 Å². The normalized spacial score (nSPS) is 11.9. The van der Waals surface area contributed by atoms with E-state index in [0.29, 0.717) is 11.8 Å². The summed E-state index contributed by atoms with van der Waals surface area (Å²) in [5.41, 5.74) is 1.12. The fraction of sp³-hybridized carbons (Fsp3) is 0.545. The third-order valence-electron chi connectivity index (χ3n) is 2.34. The lowest BCUT2D eigenvalue weighted by atomic mass is 10.1. The van der Waals surface area contributed by atoms with Crippen LogP contribution in [0.2, 0.25) is 0 Å². The summed E-state index contributed by atoms with van der Waals surface area (Å²) < 4.78 is 4.18. The fourth-order valence-electron chi connectivity index (χ4n) is 1.50. The van der Waals surface area contributed by atoms with E-state index in [-0.39, 0.29) is 0 Å². The average Bonchev–Trinajstić information content (AvgIpc) is 2.62. The van der Waals surface area contributed by atoms with E-state index >= 15 is 0 Å². The predicted octanol–water partition coefficient (Wildman–Crippen LogP) is 3.33. The maximum Gasteiger partial charge on any atom is 0.147 e. The van der Waals surface area contributed by atoms with Gasteiger partial charge in [-0.3, -0.25) is 0 Å². The molecule has 0 aliphatic carbocycles. The minimum atomic E-state index is 0.369. The van der Waals surface area contributed by atoms with Gasteiger partial charge in [-0.2, -0.15) is 4.37 Å². The Morgan fingerprint density at radius 3 is 2.40 bits per heavy atom. The molecule has 2 aromatic heterocycles. The molecule has 0 aliphatic rings. The van der Waals surface area contributed by atoms with Gasteiger partial charge in [0.1, 0.15) is 10.7 Å². The molecule has 2 heterocycles. The molecule has 0 amide bonds. The number of aromatic nitrogens is 3. The van der Waals surface area contributed by atoms with E-state index in [1.807, 2.05) is 6.20 Å². The van der Waals surface area contributed by atoms with Crippen molar-refractivity contribution in [3.05, 3.63) is 17.7 Å². The highest BCUT2D eigenvalue weighted by Gasteiger charge is 2.13. The molecule has 0 aromatic carbocycles. The Bertz CT molecular complexity index is 474. The van der Waals surface area contributed by atoms with Gasteiger partial charge in [-0.05, 0) is 17.5 Å². The molecule has 0 aliphatic heterocycles. The molecule has 15 heavy (non-hydrogen) atoms. The first-order valence-corrected chi connectivity index (χ1v) is 5.99. The Morgan fingerprint density at radius 1 is 1.07 bits per heavy atom. The molecule has 0 spiro atoms. The van der Waals surface area contributed by atoms with Gasteiger partial charge in [-0.1, -0.05) is 27.7 Å². The van der Waals surface area contributed by atoms with Crippen LogP contribution in [0.1, 0.15) is 51.0 Å². The van der Waals surface area contributed by atoms with Gasteiger partial charge in [0.05, 0.1) is 17.3 Å². The monoisotopic (exact) mass is 221 g/mol. The SMILES string of the molecule is CC(C)c1nc(C(C)C)c2cnsc2n1. The van der Waals surface area contributed by atoms with Crippen molar-refractivity contribution in [3.63, 3.8) is 0 Å². The summed E-state index contributed by atoms with van der Waals surface area (Å²) >= 11 is 1.45. The van der Waals surface area contributed by atoms with Crippen LogP contribution < -0.4 is 0 Å². The van der Waals surface area contributed by atoms with Gasteiger partial charge in [-0.25, -0.2) is 9.97 Å². The fourth-order valence-corrected chi connectivity index (χ4v) is 2.15. The lowest BCUT2D eigenvalue weighted by Gasteiger charge is -2.09. The van der Waals surface area contributed by atoms with Gasteiger partial charge in [0.25, 0.3) is 0 Å². The number of hydrogen-bond donors (Lipinski definition) is 0. The lowest BCUT2D eigenvalue weighted by molar-refractivity contribution is 0.744. The van der Waals surface area contributed by atoms with Crippen molar-refractivity contribution in [3.8, 4) is 0 Å². The zero-order valence-corrected chi connectivity index (χ0v) is 10.3. The van der Waals surface area contributed by atoms with Crippen molar-refractivity contribution < 1.29 is 0 Å². The maximum absolute atomic E-state index is 4.63. The van der Waals surface area contributed by atoms with Crippen molar-refractivity contribution in [2.75, 3.05) is 0 Å². The molecule has 0 bridgehead atoms. The Kier molecular flexibility index (Phi) is 2.69. The molecular weight excluding hydrogens is 206 g/mol. The van der Waals surface area contributed by atoms with Gasteiger partial charge in [-0.15, -0.1) is 0 Å². The third-order valence-corrected chi connectivity index (χ3v) is 3.04. The van der Waals surface area contributed by atoms with E-state index < -0.39 is 0 Å². The number of nitrogens with zero attached hydrogens (tertiary/aromatic N) is 3. The standard InChI is InChI=1S/C11H15N3S/c1-6(2)9-8-5-12-15-11(8)14-10(13-9)7(3)4/h5-7H,1-4H3. The van der Waals surface area contributed by atoms with Crippen LogP contribution in [0, 0.1) is 0 Å². The molecule has 0 N–H and O–H groups in total. The van der Waals surface area contributed by atoms with E-state index in [4.69, 9.17) is 0 Å². The van der Waals surface area contributed by atoms with E-state index in [0.717, 1.165) is 21.7 Å². The van der Waals surface area contributed by atoms with Gasteiger partial charge in [0.2, 0.25) is 0 Å². The summed E-state index contributed by atoms with van der Waals surface area (Å²) in [6.45, 7) is 8.55. The van der Waals surface area contributed by atoms with Crippen LogP contribution in [-0.2, 0) is 0 Å². The highest BCUT2D eigenvalue weighted by Crippen LogP contribution is 2.26. The van der Waals surface area contributed by atoms with Crippen LogP contribution in [0.15, 0.2) is 6.20 Å². The first-order valence-electron chi connectivity index (χ1n) is 5.21. The number of hydrogen-bond acceptors (Lipinski definition) is 4. The predicted molar refractivity (Wildman–Crippen MR) is 63.4 cm³/mol. The summed E-state index contributed by atoms with van der Waals surface area (Å²) in [7, 11) is 0. The molecule has 0 saturated heterocycles. The van der Waals surface area contributed by atoms with Crippen molar-refractivity contribution in [2.45, 2.75) is 39.5 Å². The van der Waals surface area contributed by atoms with Crippen molar-refractivity contribution in [1.82, 2.24) is 14.3 Å². The molecule has 4 heteroatoms. The summed E-state index contributed by atoms with van der Waals surface area (Å²) in [5.74, 6) is 1.72. The largest absolute Gasteiger partial charge is 0.237 e. The Morgan fingerprint density at radius 2 is 1.80 bits per heavy atom. The third kappa shape index (κ3) is 1.86. The lowest BCUT2D eigenvalue weighted by Crippen LogP contribution is -2.02. The first-order chi connectivity index (χ1) is 7.09. The Labute approximate surface area is 93.7 Å². The number of fused-ring (bicyclic) bond motifs is 1. The van der Waals surface area contributed by atoms with Crippen molar-refractivity contribution in [2.24, 2.45) is 0 Å². The van der Waals surface area contributed by atoms with E-state index in [2.05, 4.69) is 42.0 Å². The molecule has 3 nitrogen and oxygen atoms in total. The van der Waals surface area contributed by atoms with Crippen LogP contribution in [-0.4, -0.2) is 14.3 Å². The van der Waals surface area contributed by atoms with Crippen LogP contribution in [0.25, 0.3) is 10.2 Å². The van der Waals surface area contributed by atoms with E-state index in [9.17, 15) is 0 Å². The minimum absolute atomic E-state index is 0.369. The maximum atomic E-state index is 4.63. The summed E-state index contributed by atoms with van der Waals surface area (Å²) in [6, 6.07) is 0. The van der Waals surface area contributed by atoms with Crippen molar-refractivity contribution >= 4 is 21.7 Å². The van der Waals surface area contributed by atoms with Crippen LogP contribution in [0.3, 0.4) is 0 Å². The van der Waals surface area contributed by atoms with Gasteiger partial charge < -0.3 is 0 Å². The summed E-state index contributed by atoms with van der Waals surface area (Å²) in [5, 5.41) is 1.11. The second kappa shape index (κ2) is 3.85. The van der Waals surface area contributed by atoms with Crippen LogP contribution in [0.5, 0.6) is 0 Å². The average molecular weight is 221 g/mol.